The summed E-state index contributed by atoms with van der Waals surface area (Å²) in [6.45, 7) is 2.24. The fourth-order valence-electron chi connectivity index (χ4n) is 2.54. The van der Waals surface area contributed by atoms with E-state index in [0.717, 1.165) is 32.5 Å². The van der Waals surface area contributed by atoms with Crippen molar-refractivity contribution < 1.29 is 9.13 Å². The van der Waals surface area contributed by atoms with Crippen LogP contribution in [0.5, 0.6) is 0 Å². The molecule has 0 unspecified atom stereocenters. The summed E-state index contributed by atoms with van der Waals surface area (Å²) in [5.41, 5.74) is 12.3. The number of methoxy groups -OCH3 is 1. The molecule has 1 aliphatic heterocycles. The molecule has 19 heavy (non-hydrogen) atoms. The molecule has 1 fully saturated rings. The van der Waals surface area contributed by atoms with E-state index in [1.165, 1.54) is 6.07 Å². The molecule has 1 aromatic carbocycles. The topological polar surface area (TPSA) is 64.5 Å². The van der Waals surface area contributed by atoms with Gasteiger partial charge >= 0.3 is 0 Å². The number of anilines is 3. The highest BCUT2D eigenvalue weighted by Gasteiger charge is 2.24. The van der Waals surface area contributed by atoms with Crippen molar-refractivity contribution in [3.63, 3.8) is 0 Å². The first kappa shape index (κ1) is 14.2. The zero-order valence-electron chi connectivity index (χ0n) is 11.0. The third kappa shape index (κ3) is 2.87. The molecule has 0 bridgehead atoms. The standard InChI is InChI=1S/C13H19ClFN3O/c1-19-7-8-2-4-18(5-3-8)13-10(17)6-9(16)11(14)12(13)15/h6,8H,2-5,7,16-17H2,1H3. The Hall–Kier alpha value is -1.20. The minimum atomic E-state index is -0.524. The van der Waals surface area contributed by atoms with Crippen LogP contribution in [0.1, 0.15) is 12.8 Å². The molecule has 1 aliphatic rings. The van der Waals surface area contributed by atoms with Crippen molar-refractivity contribution in [2.45, 2.75) is 12.8 Å². The van der Waals surface area contributed by atoms with Gasteiger partial charge in [0.2, 0.25) is 0 Å². The molecular formula is C13H19ClFN3O. The van der Waals surface area contributed by atoms with Gasteiger partial charge in [-0.15, -0.1) is 0 Å². The van der Waals surface area contributed by atoms with E-state index in [2.05, 4.69) is 0 Å². The van der Waals surface area contributed by atoms with Crippen LogP contribution in [0.15, 0.2) is 6.07 Å². The van der Waals surface area contributed by atoms with Crippen LogP contribution >= 0.6 is 11.6 Å². The van der Waals surface area contributed by atoms with Crippen molar-refractivity contribution in [1.29, 1.82) is 0 Å². The van der Waals surface area contributed by atoms with Gasteiger partial charge in [-0.05, 0) is 24.8 Å². The Morgan fingerprint density at radius 2 is 2.00 bits per heavy atom. The number of hydrogen-bond donors (Lipinski definition) is 2. The largest absolute Gasteiger partial charge is 0.397 e. The molecule has 4 N–H and O–H groups in total. The lowest BCUT2D eigenvalue weighted by atomic mass is 9.97. The van der Waals surface area contributed by atoms with Crippen LogP contribution in [0.3, 0.4) is 0 Å². The minimum Gasteiger partial charge on any atom is -0.397 e. The Balaban J connectivity index is 2.18. The molecule has 106 valence electrons. The van der Waals surface area contributed by atoms with Crippen LogP contribution in [0.2, 0.25) is 5.02 Å². The van der Waals surface area contributed by atoms with Gasteiger partial charge in [-0.1, -0.05) is 11.6 Å². The van der Waals surface area contributed by atoms with Gasteiger partial charge in [0.15, 0.2) is 5.82 Å². The highest BCUT2D eigenvalue weighted by atomic mass is 35.5. The van der Waals surface area contributed by atoms with Crippen molar-refractivity contribution in [2.75, 3.05) is 43.2 Å². The Kier molecular flexibility index (Phi) is 4.37. The summed E-state index contributed by atoms with van der Waals surface area (Å²) in [5, 5.41) is -0.0526. The SMILES string of the molecule is COCC1CCN(c2c(N)cc(N)c(Cl)c2F)CC1. The summed E-state index contributed by atoms with van der Waals surface area (Å²) < 4.78 is 19.3. The molecular weight excluding hydrogens is 269 g/mol. The summed E-state index contributed by atoms with van der Waals surface area (Å²) in [4.78, 5) is 1.93. The summed E-state index contributed by atoms with van der Waals surface area (Å²) in [5.74, 6) is -0.000789. The maximum absolute atomic E-state index is 14.2. The molecule has 4 nitrogen and oxygen atoms in total. The quantitative estimate of drug-likeness (QED) is 0.839. The van der Waals surface area contributed by atoms with Crippen LogP contribution in [0.4, 0.5) is 21.5 Å². The predicted octanol–water partition coefficient (Wildman–Crippen LogP) is 2.51. The van der Waals surface area contributed by atoms with Gasteiger partial charge in [0.1, 0.15) is 5.02 Å². The zero-order chi connectivity index (χ0) is 14.0. The first-order valence-corrected chi connectivity index (χ1v) is 6.69. The van der Waals surface area contributed by atoms with Crippen molar-refractivity contribution in [3.05, 3.63) is 16.9 Å². The van der Waals surface area contributed by atoms with E-state index in [9.17, 15) is 4.39 Å². The summed E-state index contributed by atoms with van der Waals surface area (Å²) in [6, 6.07) is 1.52. The molecule has 1 saturated heterocycles. The second-order valence-corrected chi connectivity index (χ2v) is 5.30. The summed E-state index contributed by atoms with van der Waals surface area (Å²) >= 11 is 5.85. The smallest absolute Gasteiger partial charge is 0.169 e. The number of ether oxygens (including phenoxy) is 1. The number of nitrogens with zero attached hydrogens (tertiary/aromatic N) is 1. The van der Waals surface area contributed by atoms with Crippen molar-refractivity contribution in [3.8, 4) is 0 Å². The molecule has 2 rings (SSSR count). The highest BCUT2D eigenvalue weighted by Crippen LogP contribution is 2.37. The number of hydrogen-bond acceptors (Lipinski definition) is 4. The first-order valence-electron chi connectivity index (χ1n) is 6.31. The van der Waals surface area contributed by atoms with Gasteiger partial charge in [-0.3, -0.25) is 0 Å². The van der Waals surface area contributed by atoms with E-state index in [4.69, 9.17) is 27.8 Å². The minimum absolute atomic E-state index is 0.0526. The van der Waals surface area contributed by atoms with Crippen LogP contribution in [-0.4, -0.2) is 26.8 Å². The third-order valence-corrected chi connectivity index (χ3v) is 3.96. The normalized spacial score (nSPS) is 16.9. The van der Waals surface area contributed by atoms with Crippen LogP contribution in [0.25, 0.3) is 0 Å². The highest BCUT2D eigenvalue weighted by molar-refractivity contribution is 6.33. The summed E-state index contributed by atoms with van der Waals surface area (Å²) in [6.07, 6.45) is 1.91. The predicted molar refractivity (Wildman–Crippen MR) is 77.0 cm³/mol. The second kappa shape index (κ2) is 5.84. The van der Waals surface area contributed by atoms with Crippen LogP contribution in [0, 0.1) is 11.7 Å². The van der Waals surface area contributed by atoms with Gasteiger partial charge in [-0.25, -0.2) is 4.39 Å². The van der Waals surface area contributed by atoms with Crippen molar-refractivity contribution >= 4 is 28.7 Å². The molecule has 1 aromatic rings. The van der Waals surface area contributed by atoms with Crippen molar-refractivity contribution in [2.24, 2.45) is 5.92 Å². The van der Waals surface area contributed by atoms with Gasteiger partial charge in [-0.2, -0.15) is 0 Å². The van der Waals surface area contributed by atoms with Gasteiger partial charge in [0.05, 0.1) is 17.1 Å². The Labute approximate surface area is 117 Å². The second-order valence-electron chi connectivity index (χ2n) is 4.92. The third-order valence-electron chi connectivity index (χ3n) is 3.57. The maximum Gasteiger partial charge on any atom is 0.169 e. The molecule has 0 radical (unpaired) electrons. The molecule has 0 amide bonds. The van der Waals surface area contributed by atoms with E-state index in [1.54, 1.807) is 7.11 Å². The van der Waals surface area contributed by atoms with Crippen LogP contribution < -0.4 is 16.4 Å². The van der Waals surface area contributed by atoms with Crippen molar-refractivity contribution in [1.82, 2.24) is 0 Å². The lowest BCUT2D eigenvalue weighted by molar-refractivity contribution is 0.139. The lowest BCUT2D eigenvalue weighted by Gasteiger charge is -2.34. The molecule has 0 saturated carbocycles. The van der Waals surface area contributed by atoms with Gasteiger partial charge in [0, 0.05) is 26.8 Å². The molecule has 6 heteroatoms. The zero-order valence-corrected chi connectivity index (χ0v) is 11.7. The van der Waals surface area contributed by atoms with E-state index in [1.807, 2.05) is 4.90 Å². The molecule has 0 atom stereocenters. The number of nitrogens with two attached hydrogens (primary N) is 2. The number of rotatable bonds is 3. The fraction of sp³-hybridized carbons (Fsp3) is 0.538. The Bertz CT molecular complexity index is 462. The summed E-state index contributed by atoms with van der Waals surface area (Å²) in [7, 11) is 1.70. The van der Waals surface area contributed by atoms with E-state index < -0.39 is 5.82 Å². The molecule has 0 aromatic heterocycles. The molecule has 0 spiro atoms. The Morgan fingerprint density at radius 1 is 1.37 bits per heavy atom. The monoisotopic (exact) mass is 287 g/mol. The average Bonchev–Trinajstić information content (AvgIpc) is 2.38. The first-order chi connectivity index (χ1) is 9.04. The Morgan fingerprint density at radius 3 is 2.58 bits per heavy atom. The fourth-order valence-corrected chi connectivity index (χ4v) is 2.68. The number of piperidine rings is 1. The number of halogens is 2. The van der Waals surface area contributed by atoms with E-state index in [-0.39, 0.29) is 10.7 Å². The van der Waals surface area contributed by atoms with Gasteiger partial charge < -0.3 is 21.1 Å². The van der Waals surface area contributed by atoms with Crippen LogP contribution in [-0.2, 0) is 4.74 Å². The average molecular weight is 288 g/mol. The number of benzene rings is 1. The van der Waals surface area contributed by atoms with Gasteiger partial charge in [0.25, 0.3) is 0 Å². The number of nitrogen functional groups attached to an aromatic ring is 2. The van der Waals surface area contributed by atoms with E-state index >= 15 is 0 Å². The maximum atomic E-state index is 14.2. The molecule has 0 aliphatic carbocycles. The van der Waals surface area contributed by atoms with E-state index in [0.29, 0.717) is 17.3 Å². The lowest BCUT2D eigenvalue weighted by Crippen LogP contribution is -2.36. The molecule has 1 heterocycles.